The van der Waals surface area contributed by atoms with Gasteiger partial charge in [-0.25, -0.2) is 0 Å². The standard InChI is InChI=1S/C13H12BrN5O2/c14-10-4-2-1-3-9(10)13-18-17-12(21-13)7-15-6-5-11-16-8-20-19-11/h1-4,8,15H,5-7H2. The minimum Gasteiger partial charge on any atom is -0.419 e. The van der Waals surface area contributed by atoms with E-state index in [1.54, 1.807) is 0 Å². The normalized spacial score (nSPS) is 10.9. The minimum absolute atomic E-state index is 0.495. The zero-order valence-corrected chi connectivity index (χ0v) is 12.6. The highest BCUT2D eigenvalue weighted by molar-refractivity contribution is 9.10. The Labute approximate surface area is 128 Å². The van der Waals surface area contributed by atoms with E-state index in [4.69, 9.17) is 4.42 Å². The Bertz CT molecular complexity index is 698. The van der Waals surface area contributed by atoms with Gasteiger partial charge in [-0.05, 0) is 28.1 Å². The monoisotopic (exact) mass is 349 g/mol. The molecular weight excluding hydrogens is 338 g/mol. The molecule has 3 rings (SSSR count). The van der Waals surface area contributed by atoms with E-state index in [1.807, 2.05) is 24.3 Å². The molecule has 1 N–H and O–H groups in total. The molecule has 0 fully saturated rings. The van der Waals surface area contributed by atoms with Crippen molar-refractivity contribution >= 4 is 15.9 Å². The fraction of sp³-hybridized carbons (Fsp3) is 0.231. The lowest BCUT2D eigenvalue weighted by Crippen LogP contribution is -2.17. The first kappa shape index (κ1) is 13.9. The summed E-state index contributed by atoms with van der Waals surface area (Å²) in [6.45, 7) is 1.20. The van der Waals surface area contributed by atoms with E-state index in [0.717, 1.165) is 10.0 Å². The number of nitrogens with zero attached hydrogens (tertiary/aromatic N) is 4. The van der Waals surface area contributed by atoms with Crippen LogP contribution in [0.5, 0.6) is 0 Å². The van der Waals surface area contributed by atoms with Gasteiger partial charge in [-0.2, -0.15) is 4.98 Å². The van der Waals surface area contributed by atoms with Crippen molar-refractivity contribution in [2.75, 3.05) is 6.54 Å². The molecule has 2 heterocycles. The molecule has 0 aliphatic carbocycles. The molecule has 0 radical (unpaired) electrons. The fourth-order valence-electron chi connectivity index (χ4n) is 1.77. The van der Waals surface area contributed by atoms with Gasteiger partial charge in [0.25, 0.3) is 0 Å². The molecule has 0 aliphatic heterocycles. The van der Waals surface area contributed by atoms with Gasteiger partial charge in [-0.15, -0.1) is 10.2 Å². The van der Waals surface area contributed by atoms with Crippen molar-refractivity contribution in [3.63, 3.8) is 0 Å². The Hall–Kier alpha value is -2.06. The first-order valence-electron chi connectivity index (χ1n) is 6.36. The summed E-state index contributed by atoms with van der Waals surface area (Å²) in [5.74, 6) is 1.70. The SMILES string of the molecule is Brc1ccccc1-c1nnc(CNCCc2ncon2)o1. The fourth-order valence-corrected chi connectivity index (χ4v) is 2.22. The molecule has 2 aromatic heterocycles. The van der Waals surface area contributed by atoms with E-state index in [2.05, 4.69) is 46.1 Å². The smallest absolute Gasteiger partial charge is 0.248 e. The third-order valence-corrected chi connectivity index (χ3v) is 3.47. The molecule has 0 bridgehead atoms. The second kappa shape index (κ2) is 6.59. The van der Waals surface area contributed by atoms with Crippen molar-refractivity contribution in [1.82, 2.24) is 25.7 Å². The maximum atomic E-state index is 5.62. The molecule has 0 unspecified atom stereocenters. The van der Waals surface area contributed by atoms with Crippen LogP contribution in [0.4, 0.5) is 0 Å². The van der Waals surface area contributed by atoms with Crippen molar-refractivity contribution in [3.05, 3.63) is 46.8 Å². The first-order chi connectivity index (χ1) is 10.3. The van der Waals surface area contributed by atoms with Crippen LogP contribution in [0.2, 0.25) is 0 Å². The van der Waals surface area contributed by atoms with Crippen LogP contribution >= 0.6 is 15.9 Å². The average molecular weight is 350 g/mol. The highest BCUT2D eigenvalue weighted by Crippen LogP contribution is 2.26. The summed E-state index contributed by atoms with van der Waals surface area (Å²) >= 11 is 3.46. The Morgan fingerprint density at radius 2 is 2.10 bits per heavy atom. The van der Waals surface area contributed by atoms with Gasteiger partial charge in [0.15, 0.2) is 5.82 Å². The van der Waals surface area contributed by atoms with Crippen LogP contribution in [-0.2, 0) is 13.0 Å². The van der Waals surface area contributed by atoms with Crippen molar-refractivity contribution in [3.8, 4) is 11.5 Å². The molecule has 0 aliphatic rings. The molecule has 0 atom stereocenters. The number of benzene rings is 1. The topological polar surface area (TPSA) is 89.9 Å². The Morgan fingerprint density at radius 3 is 2.90 bits per heavy atom. The van der Waals surface area contributed by atoms with Crippen LogP contribution in [0.3, 0.4) is 0 Å². The van der Waals surface area contributed by atoms with E-state index >= 15 is 0 Å². The van der Waals surface area contributed by atoms with E-state index in [0.29, 0.717) is 37.1 Å². The maximum Gasteiger partial charge on any atom is 0.248 e. The van der Waals surface area contributed by atoms with E-state index in [1.165, 1.54) is 6.39 Å². The van der Waals surface area contributed by atoms with Crippen LogP contribution in [0.15, 0.2) is 44.1 Å². The largest absolute Gasteiger partial charge is 0.419 e. The summed E-state index contributed by atoms with van der Waals surface area (Å²) in [7, 11) is 0. The number of hydrogen-bond acceptors (Lipinski definition) is 7. The van der Waals surface area contributed by atoms with Gasteiger partial charge < -0.3 is 14.3 Å². The molecule has 108 valence electrons. The summed E-state index contributed by atoms with van der Waals surface area (Å²) in [6, 6.07) is 7.71. The molecule has 0 saturated heterocycles. The zero-order chi connectivity index (χ0) is 14.5. The van der Waals surface area contributed by atoms with Crippen LogP contribution in [0.1, 0.15) is 11.7 Å². The highest BCUT2D eigenvalue weighted by atomic mass is 79.9. The van der Waals surface area contributed by atoms with E-state index in [9.17, 15) is 0 Å². The molecule has 8 heteroatoms. The van der Waals surface area contributed by atoms with Gasteiger partial charge in [0.2, 0.25) is 18.2 Å². The van der Waals surface area contributed by atoms with Crippen LogP contribution in [0, 0.1) is 0 Å². The third-order valence-electron chi connectivity index (χ3n) is 2.78. The molecular formula is C13H12BrN5O2. The molecule has 0 amide bonds. The molecule has 3 aromatic rings. The Morgan fingerprint density at radius 1 is 1.19 bits per heavy atom. The predicted octanol–water partition coefficient (Wildman–Crippen LogP) is 2.21. The molecule has 0 saturated carbocycles. The summed E-state index contributed by atoms with van der Waals surface area (Å²) in [5.41, 5.74) is 0.878. The number of aromatic nitrogens is 4. The van der Waals surface area contributed by atoms with Crippen LogP contribution in [-0.4, -0.2) is 26.9 Å². The van der Waals surface area contributed by atoms with Gasteiger partial charge in [0.05, 0.1) is 12.1 Å². The summed E-state index contributed by atoms with van der Waals surface area (Å²) in [6.07, 6.45) is 2.00. The average Bonchev–Trinajstić information content (AvgIpc) is 3.16. The molecule has 21 heavy (non-hydrogen) atoms. The lowest BCUT2D eigenvalue weighted by molar-refractivity contribution is 0.408. The van der Waals surface area contributed by atoms with Crippen molar-refractivity contribution in [1.29, 1.82) is 0 Å². The lowest BCUT2D eigenvalue weighted by atomic mass is 10.2. The van der Waals surface area contributed by atoms with Crippen molar-refractivity contribution in [2.45, 2.75) is 13.0 Å². The second-order valence-electron chi connectivity index (χ2n) is 4.26. The van der Waals surface area contributed by atoms with Gasteiger partial charge in [0, 0.05) is 17.4 Å². The summed E-state index contributed by atoms with van der Waals surface area (Å²) in [4.78, 5) is 3.94. The van der Waals surface area contributed by atoms with Crippen molar-refractivity contribution in [2.24, 2.45) is 0 Å². The summed E-state index contributed by atoms with van der Waals surface area (Å²) < 4.78 is 11.2. The lowest BCUT2D eigenvalue weighted by Gasteiger charge is -1.99. The van der Waals surface area contributed by atoms with Gasteiger partial charge >= 0.3 is 0 Å². The summed E-state index contributed by atoms with van der Waals surface area (Å²) in [5, 5.41) is 15.0. The number of hydrogen-bond donors (Lipinski definition) is 1. The maximum absolute atomic E-state index is 5.62. The Kier molecular flexibility index (Phi) is 4.37. The molecule has 7 nitrogen and oxygen atoms in total. The van der Waals surface area contributed by atoms with Crippen LogP contribution < -0.4 is 5.32 Å². The number of halogens is 1. The third kappa shape index (κ3) is 3.53. The highest BCUT2D eigenvalue weighted by Gasteiger charge is 2.10. The number of nitrogens with one attached hydrogen (secondary N) is 1. The van der Waals surface area contributed by atoms with Gasteiger partial charge in [-0.3, -0.25) is 0 Å². The van der Waals surface area contributed by atoms with Gasteiger partial charge in [0.1, 0.15) is 0 Å². The van der Waals surface area contributed by atoms with E-state index in [-0.39, 0.29) is 0 Å². The Balaban J connectivity index is 1.55. The second-order valence-corrected chi connectivity index (χ2v) is 5.11. The first-order valence-corrected chi connectivity index (χ1v) is 7.15. The predicted molar refractivity (Wildman–Crippen MR) is 77.1 cm³/mol. The minimum atomic E-state index is 0.495. The zero-order valence-electron chi connectivity index (χ0n) is 11.0. The van der Waals surface area contributed by atoms with Gasteiger partial charge in [-0.1, -0.05) is 17.3 Å². The quantitative estimate of drug-likeness (QED) is 0.682. The molecule has 1 aromatic carbocycles. The van der Waals surface area contributed by atoms with E-state index < -0.39 is 0 Å². The number of rotatable bonds is 6. The van der Waals surface area contributed by atoms with Crippen LogP contribution in [0.25, 0.3) is 11.5 Å². The molecule has 0 spiro atoms. The van der Waals surface area contributed by atoms with Crippen molar-refractivity contribution < 1.29 is 8.94 Å².